The normalized spacial score (nSPS) is 17.8. The summed E-state index contributed by atoms with van der Waals surface area (Å²) in [5.41, 5.74) is 2.90. The first-order valence-corrected chi connectivity index (χ1v) is 11.0. The van der Waals surface area contributed by atoms with Crippen LogP contribution in [-0.4, -0.2) is 56.7 Å². The Morgan fingerprint density at radius 2 is 1.93 bits per heavy atom. The molecule has 1 aliphatic carbocycles. The minimum absolute atomic E-state index is 0. The van der Waals surface area contributed by atoms with Gasteiger partial charge in [0.1, 0.15) is 0 Å². The highest BCUT2D eigenvalue weighted by molar-refractivity contribution is 14.0. The number of benzene rings is 1. The molecule has 2 aliphatic rings. The Labute approximate surface area is 198 Å². The zero-order valence-corrected chi connectivity index (χ0v) is 20.7. The molecule has 0 atom stereocenters. The first-order valence-electron chi connectivity index (χ1n) is 11.0. The van der Waals surface area contributed by atoms with E-state index in [2.05, 4.69) is 33.8 Å². The van der Waals surface area contributed by atoms with Gasteiger partial charge >= 0.3 is 0 Å². The SMILES string of the molecule is CCOCCC1(CNC(=NC)NCC(=O)N2CCc3ccccc3C2)CCCC1.I. The molecule has 0 saturated heterocycles. The number of nitrogens with zero attached hydrogens (tertiary/aromatic N) is 2. The molecular weight excluding hydrogens is 491 g/mol. The Kier molecular flexibility index (Phi) is 10.4. The van der Waals surface area contributed by atoms with Gasteiger partial charge in [-0.3, -0.25) is 9.79 Å². The van der Waals surface area contributed by atoms with Crippen LogP contribution in [-0.2, 0) is 22.5 Å². The molecular formula is C23H37IN4O2. The average molecular weight is 528 g/mol. The molecule has 1 aromatic rings. The van der Waals surface area contributed by atoms with Gasteiger partial charge in [-0.2, -0.15) is 0 Å². The van der Waals surface area contributed by atoms with Gasteiger partial charge in [0.2, 0.25) is 5.91 Å². The van der Waals surface area contributed by atoms with E-state index in [4.69, 9.17) is 4.74 Å². The number of carbonyl (C=O) groups excluding carboxylic acids is 1. The second-order valence-electron chi connectivity index (χ2n) is 8.27. The molecule has 1 heterocycles. The van der Waals surface area contributed by atoms with Crippen molar-refractivity contribution >= 4 is 35.8 Å². The van der Waals surface area contributed by atoms with Crippen molar-refractivity contribution in [3.8, 4) is 0 Å². The number of hydrogen-bond acceptors (Lipinski definition) is 3. The second-order valence-corrected chi connectivity index (χ2v) is 8.27. The van der Waals surface area contributed by atoms with Crippen LogP contribution in [0.25, 0.3) is 0 Å². The predicted octanol–water partition coefficient (Wildman–Crippen LogP) is 3.34. The van der Waals surface area contributed by atoms with Crippen LogP contribution in [0.3, 0.4) is 0 Å². The van der Waals surface area contributed by atoms with Crippen LogP contribution < -0.4 is 10.6 Å². The van der Waals surface area contributed by atoms with Crippen molar-refractivity contribution in [2.24, 2.45) is 10.4 Å². The van der Waals surface area contributed by atoms with Crippen molar-refractivity contribution in [2.75, 3.05) is 39.9 Å². The topological polar surface area (TPSA) is 66.0 Å². The van der Waals surface area contributed by atoms with Gasteiger partial charge in [-0.05, 0) is 49.1 Å². The fourth-order valence-electron chi connectivity index (χ4n) is 4.54. The summed E-state index contributed by atoms with van der Waals surface area (Å²) in [6.45, 7) is 6.27. The molecule has 0 radical (unpaired) electrons. The maximum absolute atomic E-state index is 12.7. The van der Waals surface area contributed by atoms with Crippen molar-refractivity contribution in [3.05, 3.63) is 35.4 Å². The van der Waals surface area contributed by atoms with Gasteiger partial charge in [0.15, 0.2) is 5.96 Å². The largest absolute Gasteiger partial charge is 0.382 e. The van der Waals surface area contributed by atoms with Gasteiger partial charge in [-0.15, -0.1) is 24.0 Å². The molecule has 1 fully saturated rings. The van der Waals surface area contributed by atoms with Crippen molar-refractivity contribution < 1.29 is 9.53 Å². The van der Waals surface area contributed by atoms with Gasteiger partial charge in [0, 0.05) is 39.9 Å². The number of guanidine groups is 1. The molecule has 6 nitrogen and oxygen atoms in total. The molecule has 0 unspecified atom stereocenters. The molecule has 3 rings (SSSR count). The van der Waals surface area contributed by atoms with Crippen LogP contribution in [0.5, 0.6) is 0 Å². The Bertz CT molecular complexity index is 704. The van der Waals surface area contributed by atoms with Gasteiger partial charge < -0.3 is 20.3 Å². The smallest absolute Gasteiger partial charge is 0.242 e. The number of nitrogens with one attached hydrogen (secondary N) is 2. The number of aliphatic imine (C=N–C) groups is 1. The van der Waals surface area contributed by atoms with Crippen LogP contribution in [0, 0.1) is 5.41 Å². The van der Waals surface area contributed by atoms with Crippen molar-refractivity contribution in [1.82, 2.24) is 15.5 Å². The minimum Gasteiger partial charge on any atom is -0.382 e. The quantitative estimate of drug-likeness (QED) is 0.235. The second kappa shape index (κ2) is 12.5. The van der Waals surface area contributed by atoms with Crippen LogP contribution in [0.2, 0.25) is 0 Å². The third-order valence-electron chi connectivity index (χ3n) is 6.39. The third-order valence-corrected chi connectivity index (χ3v) is 6.39. The molecule has 30 heavy (non-hydrogen) atoms. The van der Waals surface area contributed by atoms with E-state index in [1.165, 1.54) is 36.8 Å². The summed E-state index contributed by atoms with van der Waals surface area (Å²) in [6, 6.07) is 8.39. The first-order chi connectivity index (χ1) is 14.2. The highest BCUT2D eigenvalue weighted by Gasteiger charge is 2.33. The summed E-state index contributed by atoms with van der Waals surface area (Å²) in [6.07, 6.45) is 7.05. The first kappa shape index (κ1) is 24.9. The Hall–Kier alpha value is -1.35. The zero-order chi connectivity index (χ0) is 20.5. The number of hydrogen-bond donors (Lipinski definition) is 2. The van der Waals surface area contributed by atoms with E-state index in [9.17, 15) is 4.79 Å². The molecule has 0 spiro atoms. The van der Waals surface area contributed by atoms with Gasteiger partial charge in [-0.1, -0.05) is 37.1 Å². The lowest BCUT2D eigenvalue weighted by atomic mass is 9.83. The van der Waals surface area contributed by atoms with Crippen molar-refractivity contribution in [3.63, 3.8) is 0 Å². The molecule has 1 saturated carbocycles. The van der Waals surface area contributed by atoms with Crippen molar-refractivity contribution in [1.29, 1.82) is 0 Å². The average Bonchev–Trinajstić information content (AvgIpc) is 3.22. The zero-order valence-electron chi connectivity index (χ0n) is 18.4. The van der Waals surface area contributed by atoms with E-state index < -0.39 is 0 Å². The predicted molar refractivity (Wildman–Crippen MR) is 132 cm³/mol. The van der Waals surface area contributed by atoms with Crippen LogP contribution in [0.15, 0.2) is 29.3 Å². The molecule has 7 heteroatoms. The number of amides is 1. The standard InChI is InChI=1S/C23H36N4O2.HI/c1-3-29-15-13-23(11-6-7-12-23)18-26-22(24-2)25-16-21(28)27-14-10-19-8-4-5-9-20(19)17-27;/h4-5,8-9H,3,6-7,10-18H2,1-2H3,(H2,24,25,26);1H. The summed E-state index contributed by atoms with van der Waals surface area (Å²) in [5, 5.41) is 6.68. The van der Waals surface area contributed by atoms with E-state index in [0.29, 0.717) is 12.5 Å². The highest BCUT2D eigenvalue weighted by atomic mass is 127. The lowest BCUT2D eigenvalue weighted by molar-refractivity contribution is -0.130. The maximum Gasteiger partial charge on any atom is 0.242 e. The molecule has 168 valence electrons. The third kappa shape index (κ3) is 6.83. The van der Waals surface area contributed by atoms with Gasteiger partial charge in [0.05, 0.1) is 6.54 Å². The number of rotatable bonds is 8. The summed E-state index contributed by atoms with van der Waals surface area (Å²) in [5.74, 6) is 0.827. The summed E-state index contributed by atoms with van der Waals surface area (Å²) in [7, 11) is 1.76. The van der Waals surface area contributed by atoms with Crippen LogP contribution in [0.1, 0.15) is 50.2 Å². The summed E-state index contributed by atoms with van der Waals surface area (Å²) < 4.78 is 5.60. The minimum atomic E-state index is 0. The van der Waals surface area contributed by atoms with Crippen molar-refractivity contribution in [2.45, 2.75) is 52.0 Å². The Morgan fingerprint density at radius 3 is 2.63 bits per heavy atom. The lowest BCUT2D eigenvalue weighted by Crippen LogP contribution is -2.48. The van der Waals surface area contributed by atoms with E-state index >= 15 is 0 Å². The molecule has 1 amide bonds. The molecule has 1 aliphatic heterocycles. The van der Waals surface area contributed by atoms with Crippen LogP contribution >= 0.6 is 24.0 Å². The summed E-state index contributed by atoms with van der Waals surface area (Å²) >= 11 is 0. The van der Waals surface area contributed by atoms with E-state index in [-0.39, 0.29) is 41.8 Å². The van der Waals surface area contributed by atoms with E-state index in [1.807, 2.05) is 17.9 Å². The lowest BCUT2D eigenvalue weighted by Gasteiger charge is -2.31. The summed E-state index contributed by atoms with van der Waals surface area (Å²) in [4.78, 5) is 18.9. The molecule has 1 aromatic carbocycles. The maximum atomic E-state index is 12.7. The highest BCUT2D eigenvalue weighted by Crippen LogP contribution is 2.40. The van der Waals surface area contributed by atoms with E-state index in [1.54, 1.807) is 7.05 Å². The Morgan fingerprint density at radius 1 is 1.20 bits per heavy atom. The van der Waals surface area contributed by atoms with Gasteiger partial charge in [-0.25, -0.2) is 0 Å². The Balaban J connectivity index is 0.00000320. The molecule has 0 bridgehead atoms. The van der Waals surface area contributed by atoms with Gasteiger partial charge in [0.25, 0.3) is 0 Å². The fraction of sp³-hybridized carbons (Fsp3) is 0.652. The fourth-order valence-corrected chi connectivity index (χ4v) is 4.54. The van der Waals surface area contributed by atoms with E-state index in [0.717, 1.165) is 39.1 Å². The number of fused-ring (bicyclic) bond motifs is 1. The number of carbonyl (C=O) groups is 1. The number of ether oxygens (including phenoxy) is 1. The number of halogens is 1. The molecule has 2 N–H and O–H groups in total. The van der Waals surface area contributed by atoms with Crippen LogP contribution in [0.4, 0.5) is 0 Å². The molecule has 0 aromatic heterocycles. The monoisotopic (exact) mass is 528 g/mol.